The van der Waals surface area contributed by atoms with E-state index in [1.807, 2.05) is 0 Å². The lowest BCUT2D eigenvalue weighted by atomic mass is 10.2. The minimum atomic E-state index is -0.657. The molecule has 0 atom stereocenters. The van der Waals surface area contributed by atoms with Crippen LogP contribution >= 0.6 is 0 Å². The highest BCUT2D eigenvalue weighted by molar-refractivity contribution is 5.88. The molecule has 0 aliphatic carbocycles. The van der Waals surface area contributed by atoms with Gasteiger partial charge in [0.05, 0.1) is 5.56 Å². The average Bonchev–Trinajstić information content (AvgIpc) is 2.35. The minimum Gasteiger partial charge on any atom is -0.431 e. The van der Waals surface area contributed by atoms with Crippen LogP contribution in [0.4, 0.5) is 0 Å². The van der Waals surface area contributed by atoms with Crippen LogP contribution in [0.1, 0.15) is 10.4 Å². The molecule has 0 unspecified atom stereocenters. The van der Waals surface area contributed by atoms with Gasteiger partial charge in [0.1, 0.15) is 0 Å². The fraction of sp³-hybridized carbons (Fsp3) is 0.0909. The zero-order valence-corrected chi connectivity index (χ0v) is 8.42. The highest BCUT2D eigenvalue weighted by Crippen LogP contribution is 2.01. The highest BCUT2D eigenvalue weighted by Gasteiger charge is 2.07. The van der Waals surface area contributed by atoms with Gasteiger partial charge in [0.2, 0.25) is 6.79 Å². The summed E-state index contributed by atoms with van der Waals surface area (Å²) in [6.45, 7) is 2.72. The van der Waals surface area contributed by atoms with E-state index in [9.17, 15) is 9.59 Å². The van der Waals surface area contributed by atoms with Crippen molar-refractivity contribution in [3.63, 3.8) is 0 Å². The van der Waals surface area contributed by atoms with E-state index in [4.69, 9.17) is 0 Å². The second-order valence-electron chi connectivity index (χ2n) is 2.64. The molecule has 0 aliphatic heterocycles. The summed E-state index contributed by atoms with van der Waals surface area (Å²) in [5, 5.41) is 0. The normalized spacial score (nSPS) is 9.25. The van der Waals surface area contributed by atoms with Gasteiger partial charge in [-0.05, 0) is 12.1 Å². The lowest BCUT2D eigenvalue weighted by Gasteiger charge is -2.03. The van der Waals surface area contributed by atoms with Crippen LogP contribution in [0.25, 0.3) is 0 Å². The molecular formula is C11H10O5. The van der Waals surface area contributed by atoms with Gasteiger partial charge in [-0.25, -0.2) is 9.59 Å². The lowest BCUT2D eigenvalue weighted by Crippen LogP contribution is -2.10. The number of rotatable bonds is 5. The molecule has 1 rings (SSSR count). The zero-order valence-electron chi connectivity index (χ0n) is 8.42. The van der Waals surface area contributed by atoms with E-state index in [1.54, 1.807) is 30.3 Å². The van der Waals surface area contributed by atoms with Crippen molar-refractivity contribution in [3.8, 4) is 0 Å². The van der Waals surface area contributed by atoms with E-state index in [0.29, 0.717) is 5.56 Å². The van der Waals surface area contributed by atoms with E-state index in [2.05, 4.69) is 21.1 Å². The molecule has 0 radical (unpaired) electrons. The summed E-state index contributed by atoms with van der Waals surface area (Å²) in [7, 11) is 0. The van der Waals surface area contributed by atoms with Gasteiger partial charge < -0.3 is 4.74 Å². The molecule has 5 nitrogen and oxygen atoms in total. The molecule has 0 aliphatic rings. The van der Waals surface area contributed by atoms with Crippen LogP contribution in [0, 0.1) is 0 Å². The molecule has 1 aromatic rings. The summed E-state index contributed by atoms with van der Waals surface area (Å²) < 4.78 is 4.42. The summed E-state index contributed by atoms with van der Waals surface area (Å²) in [6.07, 6.45) is 0.975. The zero-order chi connectivity index (χ0) is 11.8. The third-order valence-corrected chi connectivity index (χ3v) is 1.56. The molecule has 0 spiro atoms. The molecular weight excluding hydrogens is 212 g/mol. The first-order valence-corrected chi connectivity index (χ1v) is 4.42. The van der Waals surface area contributed by atoms with Gasteiger partial charge >= 0.3 is 11.9 Å². The number of carbonyl (C=O) groups excluding carboxylic acids is 2. The fourth-order valence-electron chi connectivity index (χ4n) is 0.841. The van der Waals surface area contributed by atoms with Crippen LogP contribution in [0.2, 0.25) is 0 Å². The van der Waals surface area contributed by atoms with Crippen LogP contribution in [0.3, 0.4) is 0 Å². The van der Waals surface area contributed by atoms with Gasteiger partial charge in [-0.2, -0.15) is 0 Å². The molecule has 5 heteroatoms. The van der Waals surface area contributed by atoms with E-state index in [1.165, 1.54) is 0 Å². The average molecular weight is 222 g/mol. The molecule has 0 aromatic heterocycles. The predicted molar refractivity (Wildman–Crippen MR) is 54.1 cm³/mol. The van der Waals surface area contributed by atoms with Crippen molar-refractivity contribution in [1.29, 1.82) is 0 Å². The molecule has 0 fully saturated rings. The van der Waals surface area contributed by atoms with Crippen molar-refractivity contribution in [2.45, 2.75) is 0 Å². The first kappa shape index (κ1) is 11.9. The summed E-state index contributed by atoms with van der Waals surface area (Å²) in [5.74, 6) is -1.31. The Hall–Kier alpha value is -2.14. The van der Waals surface area contributed by atoms with Crippen molar-refractivity contribution in [3.05, 3.63) is 48.6 Å². The minimum absolute atomic E-state index is 0.345. The Morgan fingerprint density at radius 1 is 1.25 bits per heavy atom. The van der Waals surface area contributed by atoms with E-state index < -0.39 is 18.7 Å². The maximum absolute atomic E-state index is 11.3. The van der Waals surface area contributed by atoms with Crippen LogP contribution in [-0.2, 0) is 19.3 Å². The number of benzene rings is 1. The summed E-state index contributed by atoms with van der Waals surface area (Å²) in [4.78, 5) is 30.6. The highest BCUT2D eigenvalue weighted by atomic mass is 17.2. The number of carbonyl (C=O) groups is 2. The monoisotopic (exact) mass is 222 g/mol. The quantitative estimate of drug-likeness (QED) is 0.188. The third-order valence-electron chi connectivity index (χ3n) is 1.56. The predicted octanol–water partition coefficient (Wildman–Crippen LogP) is 1.46. The summed E-state index contributed by atoms with van der Waals surface area (Å²) in [6, 6.07) is 8.29. The largest absolute Gasteiger partial charge is 0.431 e. The van der Waals surface area contributed by atoms with Crippen LogP contribution in [0.5, 0.6) is 0 Å². The Bertz CT molecular complexity index is 371. The number of hydrogen-bond donors (Lipinski definition) is 0. The van der Waals surface area contributed by atoms with Crippen molar-refractivity contribution in [1.82, 2.24) is 0 Å². The van der Waals surface area contributed by atoms with Gasteiger partial charge in [-0.1, -0.05) is 24.8 Å². The van der Waals surface area contributed by atoms with E-state index in [-0.39, 0.29) is 0 Å². The van der Waals surface area contributed by atoms with Crippen molar-refractivity contribution in [2.75, 3.05) is 6.79 Å². The Labute approximate surface area is 92.2 Å². The number of ether oxygens (including phenoxy) is 1. The molecule has 1 aromatic carbocycles. The van der Waals surface area contributed by atoms with E-state index >= 15 is 0 Å². The van der Waals surface area contributed by atoms with Gasteiger partial charge in [0.25, 0.3) is 0 Å². The second kappa shape index (κ2) is 6.36. The Morgan fingerprint density at radius 2 is 1.94 bits per heavy atom. The first-order valence-electron chi connectivity index (χ1n) is 4.42. The molecule has 0 amide bonds. The molecule has 0 saturated heterocycles. The Kier molecular flexibility index (Phi) is 4.75. The Morgan fingerprint density at radius 3 is 2.56 bits per heavy atom. The Balaban J connectivity index is 2.26. The molecule has 16 heavy (non-hydrogen) atoms. The number of esters is 1. The molecule has 0 saturated carbocycles. The third kappa shape index (κ3) is 3.93. The molecule has 0 heterocycles. The van der Waals surface area contributed by atoms with Gasteiger partial charge in [0, 0.05) is 6.08 Å². The van der Waals surface area contributed by atoms with Gasteiger partial charge in [0.15, 0.2) is 0 Å². The van der Waals surface area contributed by atoms with Crippen molar-refractivity contribution >= 4 is 11.9 Å². The maximum Gasteiger partial charge on any atom is 0.373 e. The topological polar surface area (TPSA) is 61.8 Å². The lowest BCUT2D eigenvalue weighted by molar-refractivity contribution is -0.284. The SMILES string of the molecule is C=CC(=O)OCOOC(=O)c1ccccc1. The maximum atomic E-state index is 11.3. The number of hydrogen-bond acceptors (Lipinski definition) is 5. The van der Waals surface area contributed by atoms with Gasteiger partial charge in [-0.15, -0.1) is 4.89 Å². The molecule has 0 N–H and O–H groups in total. The fourth-order valence-corrected chi connectivity index (χ4v) is 0.841. The smallest absolute Gasteiger partial charge is 0.373 e. The molecule has 84 valence electrons. The molecule has 0 bridgehead atoms. The van der Waals surface area contributed by atoms with Crippen molar-refractivity contribution < 1.29 is 24.1 Å². The summed E-state index contributed by atoms with van der Waals surface area (Å²) >= 11 is 0. The van der Waals surface area contributed by atoms with Crippen LogP contribution < -0.4 is 0 Å². The first-order chi connectivity index (χ1) is 7.74. The van der Waals surface area contributed by atoms with Crippen LogP contribution in [-0.4, -0.2) is 18.7 Å². The van der Waals surface area contributed by atoms with Crippen LogP contribution in [0.15, 0.2) is 43.0 Å². The van der Waals surface area contributed by atoms with Gasteiger partial charge in [-0.3, -0.25) is 4.89 Å². The van der Waals surface area contributed by atoms with E-state index in [0.717, 1.165) is 6.08 Å². The van der Waals surface area contributed by atoms with Crippen molar-refractivity contribution in [2.24, 2.45) is 0 Å². The summed E-state index contributed by atoms with van der Waals surface area (Å²) in [5.41, 5.74) is 0.345. The second-order valence-corrected chi connectivity index (χ2v) is 2.64. The standard InChI is InChI=1S/C11H10O5/c1-2-10(12)14-8-15-16-11(13)9-6-4-3-5-7-9/h2-7H,1,8H2.